The third kappa shape index (κ3) is 2.20. The fourth-order valence-corrected chi connectivity index (χ4v) is 1.94. The summed E-state index contributed by atoms with van der Waals surface area (Å²) in [7, 11) is 0. The van der Waals surface area contributed by atoms with E-state index >= 15 is 0 Å². The molecule has 0 radical (unpaired) electrons. The van der Waals surface area contributed by atoms with Crippen LogP contribution in [0.4, 0.5) is 0 Å². The maximum absolute atomic E-state index is 8.65. The maximum atomic E-state index is 8.65. The first-order chi connectivity index (χ1) is 6.83. The van der Waals surface area contributed by atoms with Gasteiger partial charge in [-0.05, 0) is 29.5 Å². The maximum Gasteiger partial charge on any atom is 0.0915 e. The minimum atomic E-state index is 0. The van der Waals surface area contributed by atoms with E-state index in [2.05, 4.69) is 6.07 Å². The zero-order chi connectivity index (χ0) is 9.97. The predicted molar refractivity (Wildman–Crippen MR) is 63.4 cm³/mol. The van der Waals surface area contributed by atoms with Crippen molar-refractivity contribution < 1.29 is 0 Å². The Balaban J connectivity index is 0.00000112. The van der Waals surface area contributed by atoms with Gasteiger partial charge >= 0.3 is 0 Å². The molecule has 2 rings (SSSR count). The third-order valence-corrected chi connectivity index (χ3v) is 2.67. The van der Waals surface area contributed by atoms with Gasteiger partial charge in [0.25, 0.3) is 0 Å². The average molecular weight is 221 g/mol. The topological polar surface area (TPSA) is 49.8 Å². The van der Waals surface area contributed by atoms with E-state index in [4.69, 9.17) is 11.0 Å². The van der Waals surface area contributed by atoms with E-state index in [1.807, 2.05) is 24.3 Å². The van der Waals surface area contributed by atoms with Gasteiger partial charge in [-0.2, -0.15) is 5.26 Å². The largest absolute Gasteiger partial charge is 0.324 e. The molecule has 1 atom stereocenters. The van der Waals surface area contributed by atoms with Crippen LogP contribution in [-0.4, -0.2) is 0 Å². The molecule has 1 aromatic rings. The molecule has 2 N–H and O–H groups in total. The summed E-state index contributed by atoms with van der Waals surface area (Å²) in [6, 6.07) is 10.3. The van der Waals surface area contributed by atoms with Crippen LogP contribution in [0.15, 0.2) is 30.3 Å². The molecule has 15 heavy (non-hydrogen) atoms. The Labute approximate surface area is 95.8 Å². The fraction of sp³-hybridized carbons (Fsp3) is 0.250. The van der Waals surface area contributed by atoms with E-state index < -0.39 is 0 Å². The number of rotatable bonds is 0. The van der Waals surface area contributed by atoms with E-state index in [-0.39, 0.29) is 18.4 Å². The van der Waals surface area contributed by atoms with Gasteiger partial charge in [-0.15, -0.1) is 12.4 Å². The highest BCUT2D eigenvalue weighted by Gasteiger charge is 2.19. The van der Waals surface area contributed by atoms with Crippen LogP contribution >= 0.6 is 12.4 Å². The van der Waals surface area contributed by atoms with Crippen molar-refractivity contribution in [2.45, 2.75) is 18.9 Å². The summed E-state index contributed by atoms with van der Waals surface area (Å²) in [5.41, 5.74) is 9.42. The summed E-state index contributed by atoms with van der Waals surface area (Å²) in [6.07, 6.45) is 3.47. The quantitative estimate of drug-likeness (QED) is 0.684. The SMILES string of the molecule is Cl.N#C/C=C1\CC[C@H](N)c2ccccc21. The standard InChI is InChI=1S/C12H12N2.ClH/c13-8-7-9-5-6-12(14)11-4-2-1-3-10(9)11;/h1-4,7,12H,5-6,14H2;1H/b9-7+;/t12-;/m0./s1. The predicted octanol–water partition coefficient (Wildman–Crippen LogP) is 2.81. The molecule has 0 unspecified atom stereocenters. The lowest BCUT2D eigenvalue weighted by Gasteiger charge is -2.23. The number of benzene rings is 1. The highest BCUT2D eigenvalue weighted by atomic mass is 35.5. The number of nitrogens with zero attached hydrogens (tertiary/aromatic N) is 1. The molecule has 0 saturated heterocycles. The molecule has 0 spiro atoms. The first-order valence-electron chi connectivity index (χ1n) is 4.76. The van der Waals surface area contributed by atoms with E-state index in [0.717, 1.165) is 24.0 Å². The molecule has 1 aliphatic carbocycles. The van der Waals surface area contributed by atoms with Crippen molar-refractivity contribution in [2.75, 3.05) is 0 Å². The van der Waals surface area contributed by atoms with Gasteiger partial charge < -0.3 is 5.73 Å². The molecule has 0 heterocycles. The summed E-state index contributed by atoms with van der Waals surface area (Å²) in [4.78, 5) is 0. The molecule has 78 valence electrons. The minimum absolute atomic E-state index is 0. The molecule has 0 fully saturated rings. The second-order valence-corrected chi connectivity index (χ2v) is 3.53. The molecule has 1 aliphatic rings. The number of allylic oxidation sites excluding steroid dienone is 2. The Morgan fingerprint density at radius 2 is 2.13 bits per heavy atom. The zero-order valence-electron chi connectivity index (χ0n) is 8.31. The lowest BCUT2D eigenvalue weighted by atomic mass is 9.84. The molecular formula is C12H13ClN2. The van der Waals surface area contributed by atoms with Crippen molar-refractivity contribution in [3.63, 3.8) is 0 Å². The van der Waals surface area contributed by atoms with Gasteiger partial charge in [0.2, 0.25) is 0 Å². The van der Waals surface area contributed by atoms with Crippen molar-refractivity contribution in [2.24, 2.45) is 5.73 Å². The number of hydrogen-bond acceptors (Lipinski definition) is 2. The highest BCUT2D eigenvalue weighted by molar-refractivity contribution is 5.85. The van der Waals surface area contributed by atoms with Gasteiger partial charge in [0.05, 0.1) is 6.07 Å². The van der Waals surface area contributed by atoms with E-state index in [1.54, 1.807) is 6.08 Å². The van der Waals surface area contributed by atoms with Gasteiger partial charge in [0.1, 0.15) is 0 Å². The summed E-state index contributed by atoms with van der Waals surface area (Å²) in [5.74, 6) is 0. The van der Waals surface area contributed by atoms with Crippen LogP contribution in [0.5, 0.6) is 0 Å². The van der Waals surface area contributed by atoms with Crippen LogP contribution in [0.2, 0.25) is 0 Å². The summed E-state index contributed by atoms with van der Waals surface area (Å²) in [6.45, 7) is 0. The first-order valence-corrected chi connectivity index (χ1v) is 4.76. The molecule has 1 aromatic carbocycles. The van der Waals surface area contributed by atoms with E-state index in [9.17, 15) is 0 Å². The van der Waals surface area contributed by atoms with Crippen LogP contribution < -0.4 is 5.73 Å². The Kier molecular flexibility index (Phi) is 3.90. The van der Waals surface area contributed by atoms with E-state index in [1.165, 1.54) is 5.56 Å². The third-order valence-electron chi connectivity index (χ3n) is 2.67. The van der Waals surface area contributed by atoms with Crippen LogP contribution in [0, 0.1) is 11.3 Å². The average Bonchev–Trinajstić information content (AvgIpc) is 2.23. The van der Waals surface area contributed by atoms with Crippen molar-refractivity contribution in [1.29, 1.82) is 5.26 Å². The first kappa shape index (κ1) is 11.8. The van der Waals surface area contributed by atoms with Crippen LogP contribution in [0.25, 0.3) is 5.57 Å². The molecule has 0 aromatic heterocycles. The molecule has 0 bridgehead atoms. The van der Waals surface area contributed by atoms with Crippen LogP contribution in [-0.2, 0) is 0 Å². The van der Waals surface area contributed by atoms with E-state index in [0.29, 0.717) is 0 Å². The van der Waals surface area contributed by atoms with Crippen molar-refractivity contribution in [1.82, 2.24) is 0 Å². The Morgan fingerprint density at radius 1 is 1.40 bits per heavy atom. The van der Waals surface area contributed by atoms with Crippen LogP contribution in [0.3, 0.4) is 0 Å². The fourth-order valence-electron chi connectivity index (χ4n) is 1.94. The van der Waals surface area contributed by atoms with Gasteiger partial charge in [0.15, 0.2) is 0 Å². The number of hydrogen-bond donors (Lipinski definition) is 1. The normalized spacial score (nSPS) is 21.3. The second kappa shape index (κ2) is 4.97. The molecule has 0 saturated carbocycles. The second-order valence-electron chi connectivity index (χ2n) is 3.53. The van der Waals surface area contributed by atoms with Crippen molar-refractivity contribution >= 4 is 18.0 Å². The molecule has 2 nitrogen and oxygen atoms in total. The summed E-state index contributed by atoms with van der Waals surface area (Å²) >= 11 is 0. The van der Waals surface area contributed by atoms with Gasteiger partial charge in [0, 0.05) is 12.1 Å². The number of halogens is 1. The Bertz CT molecular complexity index is 418. The number of fused-ring (bicyclic) bond motifs is 1. The molecule has 3 heteroatoms. The van der Waals surface area contributed by atoms with Crippen LogP contribution in [0.1, 0.15) is 30.0 Å². The lowest BCUT2D eigenvalue weighted by Crippen LogP contribution is -2.16. The smallest absolute Gasteiger partial charge is 0.0915 e. The summed E-state index contributed by atoms with van der Waals surface area (Å²) in [5, 5.41) is 8.65. The zero-order valence-corrected chi connectivity index (χ0v) is 9.13. The highest BCUT2D eigenvalue weighted by Crippen LogP contribution is 2.34. The van der Waals surface area contributed by atoms with Gasteiger partial charge in [-0.1, -0.05) is 24.3 Å². The number of nitriles is 1. The minimum Gasteiger partial charge on any atom is -0.324 e. The molecule has 0 amide bonds. The number of nitrogens with two attached hydrogens (primary N) is 1. The monoisotopic (exact) mass is 220 g/mol. The lowest BCUT2D eigenvalue weighted by molar-refractivity contribution is 0.646. The van der Waals surface area contributed by atoms with Gasteiger partial charge in [-0.25, -0.2) is 0 Å². The van der Waals surface area contributed by atoms with Crippen molar-refractivity contribution in [3.05, 3.63) is 41.5 Å². The Hall–Kier alpha value is -1.30. The Morgan fingerprint density at radius 3 is 2.87 bits per heavy atom. The summed E-state index contributed by atoms with van der Waals surface area (Å²) < 4.78 is 0. The van der Waals surface area contributed by atoms with Crippen molar-refractivity contribution in [3.8, 4) is 6.07 Å². The molecular weight excluding hydrogens is 208 g/mol. The molecule has 0 aliphatic heterocycles. The van der Waals surface area contributed by atoms with Gasteiger partial charge in [-0.3, -0.25) is 0 Å².